The first-order valence-electron chi connectivity index (χ1n) is 10.0. The maximum atomic E-state index is 12.8. The van der Waals surface area contributed by atoms with Crippen molar-refractivity contribution < 1.29 is 17.9 Å². The molecule has 0 radical (unpaired) electrons. The Bertz CT molecular complexity index is 674. The largest absolute Gasteiger partial charge is 0.446 e. The number of anilines is 1. The van der Waals surface area contributed by atoms with Gasteiger partial charge >= 0.3 is 6.09 Å². The van der Waals surface area contributed by atoms with Crippen molar-refractivity contribution >= 4 is 21.8 Å². The summed E-state index contributed by atoms with van der Waals surface area (Å²) in [5, 5.41) is 2.70. The molecule has 1 aliphatic rings. The van der Waals surface area contributed by atoms with Gasteiger partial charge in [0.2, 0.25) is 10.0 Å². The Balaban J connectivity index is 1.98. The molecule has 0 atom stereocenters. The highest BCUT2D eigenvalue weighted by Crippen LogP contribution is 2.22. The molecular weight excluding hydrogens is 364 g/mol. The Hall–Kier alpha value is -1.60. The lowest BCUT2D eigenvalue weighted by Crippen LogP contribution is -2.32. The summed E-state index contributed by atoms with van der Waals surface area (Å²) in [5.41, 5.74) is 0.533. The summed E-state index contributed by atoms with van der Waals surface area (Å²) < 4.78 is 32.5. The van der Waals surface area contributed by atoms with E-state index in [9.17, 15) is 13.2 Å². The van der Waals surface area contributed by atoms with Gasteiger partial charge in [-0.25, -0.2) is 13.2 Å². The molecule has 1 fully saturated rings. The number of hydrogen-bond acceptors (Lipinski definition) is 4. The zero-order valence-electron chi connectivity index (χ0n) is 16.4. The molecule has 0 bridgehead atoms. The summed E-state index contributed by atoms with van der Waals surface area (Å²) in [6.45, 7) is 4.93. The van der Waals surface area contributed by atoms with Gasteiger partial charge in [0, 0.05) is 18.8 Å². The van der Waals surface area contributed by atoms with Gasteiger partial charge in [0.05, 0.1) is 4.90 Å². The smallest absolute Gasteiger partial charge is 0.411 e. The van der Waals surface area contributed by atoms with Crippen LogP contribution in [0.25, 0.3) is 0 Å². The van der Waals surface area contributed by atoms with E-state index in [-0.39, 0.29) is 11.0 Å². The fourth-order valence-electron chi connectivity index (χ4n) is 3.37. The average Bonchev–Trinajstić information content (AvgIpc) is 2.90. The van der Waals surface area contributed by atoms with Crippen LogP contribution in [0.2, 0.25) is 0 Å². The molecule has 0 aromatic heterocycles. The van der Waals surface area contributed by atoms with Crippen LogP contribution in [0.1, 0.15) is 65.2 Å². The predicted molar refractivity (Wildman–Crippen MR) is 107 cm³/mol. The molecule has 0 aliphatic heterocycles. The number of carbonyl (C=O) groups is 1. The van der Waals surface area contributed by atoms with Gasteiger partial charge in [0.1, 0.15) is 6.10 Å². The molecule has 1 aromatic rings. The third-order valence-electron chi connectivity index (χ3n) is 4.76. The zero-order valence-corrected chi connectivity index (χ0v) is 17.3. The molecule has 0 saturated heterocycles. The first-order valence-corrected chi connectivity index (χ1v) is 11.5. The summed E-state index contributed by atoms with van der Waals surface area (Å²) in [5.74, 6) is 0. The maximum absolute atomic E-state index is 12.8. The van der Waals surface area contributed by atoms with Crippen molar-refractivity contribution in [2.24, 2.45) is 0 Å². The van der Waals surface area contributed by atoms with E-state index >= 15 is 0 Å². The molecule has 152 valence electrons. The standard InChI is InChI=1S/C20H32N2O4S/c1-3-15-22(16-4-2)27(24,25)19-13-11-17(12-14-19)21-20(23)26-18-9-7-5-6-8-10-18/h11-14,18H,3-10,15-16H2,1-2H3,(H,21,23). The molecule has 0 unspecified atom stereocenters. The van der Waals surface area contributed by atoms with Crippen molar-refractivity contribution in [1.29, 1.82) is 0 Å². The second-order valence-electron chi connectivity index (χ2n) is 7.07. The lowest BCUT2D eigenvalue weighted by molar-refractivity contribution is 0.101. The minimum atomic E-state index is -3.51. The van der Waals surface area contributed by atoms with Crippen LogP contribution >= 0.6 is 0 Å². The lowest BCUT2D eigenvalue weighted by atomic mass is 10.2. The van der Waals surface area contributed by atoms with Crippen LogP contribution in [0.5, 0.6) is 0 Å². The van der Waals surface area contributed by atoms with Crippen LogP contribution in [-0.2, 0) is 14.8 Å². The number of benzene rings is 1. The number of sulfonamides is 1. The quantitative estimate of drug-likeness (QED) is 0.642. The first kappa shape index (κ1) is 21.7. The Kier molecular flexibility index (Phi) is 8.57. The minimum Gasteiger partial charge on any atom is -0.446 e. The molecule has 0 heterocycles. The number of rotatable bonds is 8. The highest BCUT2D eigenvalue weighted by Gasteiger charge is 2.23. The number of hydrogen-bond donors (Lipinski definition) is 1. The summed E-state index contributed by atoms with van der Waals surface area (Å²) >= 11 is 0. The van der Waals surface area contributed by atoms with Gasteiger partial charge in [-0.3, -0.25) is 5.32 Å². The Morgan fingerprint density at radius 1 is 1.04 bits per heavy atom. The second kappa shape index (κ2) is 10.7. The predicted octanol–water partition coefficient (Wildman–Crippen LogP) is 4.77. The number of nitrogens with one attached hydrogen (secondary N) is 1. The van der Waals surface area contributed by atoms with Gasteiger partial charge in [0.15, 0.2) is 0 Å². The molecule has 1 aromatic carbocycles. The van der Waals surface area contributed by atoms with Gasteiger partial charge < -0.3 is 4.74 Å². The van der Waals surface area contributed by atoms with Gasteiger partial charge in [-0.2, -0.15) is 4.31 Å². The van der Waals surface area contributed by atoms with E-state index in [1.165, 1.54) is 29.3 Å². The zero-order chi connectivity index (χ0) is 19.7. The molecule has 2 rings (SSSR count). The minimum absolute atomic E-state index is 0.0243. The Labute approximate surface area is 163 Å². The van der Waals surface area contributed by atoms with Crippen LogP contribution in [0.15, 0.2) is 29.2 Å². The molecule has 1 N–H and O–H groups in total. The summed E-state index contributed by atoms with van der Waals surface area (Å²) in [4.78, 5) is 12.3. The average molecular weight is 397 g/mol. The van der Waals surface area contributed by atoms with Gasteiger partial charge in [-0.1, -0.05) is 26.7 Å². The van der Waals surface area contributed by atoms with Crippen LogP contribution in [-0.4, -0.2) is 38.0 Å². The van der Waals surface area contributed by atoms with E-state index < -0.39 is 16.1 Å². The maximum Gasteiger partial charge on any atom is 0.411 e. The van der Waals surface area contributed by atoms with Crippen molar-refractivity contribution in [3.8, 4) is 0 Å². The molecule has 1 amide bonds. The molecule has 1 saturated carbocycles. The molecule has 1 aliphatic carbocycles. The second-order valence-corrected chi connectivity index (χ2v) is 9.01. The monoisotopic (exact) mass is 396 g/mol. The van der Waals surface area contributed by atoms with E-state index in [1.807, 2.05) is 13.8 Å². The first-order chi connectivity index (χ1) is 13.0. The van der Waals surface area contributed by atoms with E-state index in [1.54, 1.807) is 12.1 Å². The van der Waals surface area contributed by atoms with E-state index in [0.29, 0.717) is 18.8 Å². The molecule has 7 heteroatoms. The fraction of sp³-hybridized carbons (Fsp3) is 0.650. The van der Waals surface area contributed by atoms with Crippen LogP contribution in [0, 0.1) is 0 Å². The topological polar surface area (TPSA) is 75.7 Å². The Morgan fingerprint density at radius 2 is 1.59 bits per heavy atom. The van der Waals surface area contributed by atoms with Crippen molar-refractivity contribution in [2.75, 3.05) is 18.4 Å². The number of ether oxygens (including phenoxy) is 1. The lowest BCUT2D eigenvalue weighted by Gasteiger charge is -2.21. The number of nitrogens with zero attached hydrogens (tertiary/aromatic N) is 1. The third-order valence-corrected chi connectivity index (χ3v) is 6.67. The van der Waals surface area contributed by atoms with E-state index in [0.717, 1.165) is 38.5 Å². The number of carbonyl (C=O) groups excluding carboxylic acids is 1. The normalized spacial score (nSPS) is 16.1. The van der Waals surface area contributed by atoms with Crippen LogP contribution in [0.4, 0.5) is 10.5 Å². The van der Waals surface area contributed by atoms with E-state index in [4.69, 9.17) is 4.74 Å². The van der Waals surface area contributed by atoms with Gasteiger partial charge in [-0.05, 0) is 62.8 Å². The molecule has 0 spiro atoms. The fourth-order valence-corrected chi connectivity index (χ4v) is 4.99. The van der Waals surface area contributed by atoms with Crippen molar-refractivity contribution in [3.63, 3.8) is 0 Å². The van der Waals surface area contributed by atoms with Gasteiger partial charge in [-0.15, -0.1) is 0 Å². The van der Waals surface area contributed by atoms with Crippen LogP contribution in [0.3, 0.4) is 0 Å². The molecule has 27 heavy (non-hydrogen) atoms. The Morgan fingerprint density at radius 3 is 2.11 bits per heavy atom. The highest BCUT2D eigenvalue weighted by atomic mass is 32.2. The SMILES string of the molecule is CCCN(CCC)S(=O)(=O)c1ccc(NC(=O)OC2CCCCCC2)cc1. The molecule has 6 nitrogen and oxygen atoms in total. The van der Waals surface area contributed by atoms with Crippen molar-refractivity contribution in [2.45, 2.75) is 76.2 Å². The van der Waals surface area contributed by atoms with E-state index in [2.05, 4.69) is 5.32 Å². The summed E-state index contributed by atoms with van der Waals surface area (Å²) in [7, 11) is -3.51. The van der Waals surface area contributed by atoms with Crippen molar-refractivity contribution in [1.82, 2.24) is 4.31 Å². The highest BCUT2D eigenvalue weighted by molar-refractivity contribution is 7.89. The number of amides is 1. The molecular formula is C20H32N2O4S. The van der Waals surface area contributed by atoms with Crippen LogP contribution < -0.4 is 5.32 Å². The third kappa shape index (κ3) is 6.50. The summed E-state index contributed by atoms with van der Waals surface area (Å²) in [6, 6.07) is 6.29. The van der Waals surface area contributed by atoms with Gasteiger partial charge in [0.25, 0.3) is 0 Å². The van der Waals surface area contributed by atoms with Crippen molar-refractivity contribution in [3.05, 3.63) is 24.3 Å². The summed E-state index contributed by atoms with van der Waals surface area (Å²) in [6.07, 6.45) is 7.45.